The van der Waals surface area contributed by atoms with Crippen molar-refractivity contribution in [2.75, 3.05) is 5.32 Å². The van der Waals surface area contributed by atoms with Crippen molar-refractivity contribution in [1.82, 2.24) is 0 Å². The van der Waals surface area contributed by atoms with Crippen LogP contribution >= 0.6 is 46.4 Å². The number of hydrogen-bond acceptors (Lipinski definition) is 0. The van der Waals surface area contributed by atoms with Gasteiger partial charge in [0.15, 0.2) is 11.4 Å². The summed E-state index contributed by atoms with van der Waals surface area (Å²) in [5, 5.41) is 5.06. The van der Waals surface area contributed by atoms with Crippen LogP contribution in [0, 0.1) is 0 Å². The molecule has 2 N–H and O–H groups in total. The maximum absolute atomic E-state index is 6.03. The molecule has 2 rings (SSSR count). The van der Waals surface area contributed by atoms with E-state index in [4.69, 9.17) is 46.4 Å². The van der Waals surface area contributed by atoms with E-state index in [9.17, 15) is 0 Å². The predicted molar refractivity (Wildman–Crippen MR) is 83.2 cm³/mol. The van der Waals surface area contributed by atoms with E-state index in [0.717, 1.165) is 0 Å². The maximum atomic E-state index is 6.03. The summed E-state index contributed by atoms with van der Waals surface area (Å²) >= 11 is 24.1. The van der Waals surface area contributed by atoms with Crippen LogP contribution in [-0.2, 0) is 0 Å². The van der Waals surface area contributed by atoms with Gasteiger partial charge in [-0.05, 0) is 24.3 Å². The zero-order valence-corrected chi connectivity index (χ0v) is 13.7. The number of anilines is 1. The molecule has 2 aromatic rings. The smallest absolute Gasteiger partial charge is 0.240 e. The Morgan fingerprint density at radius 1 is 0.800 bits per heavy atom. The molecule has 20 heavy (non-hydrogen) atoms. The highest BCUT2D eigenvalue weighted by molar-refractivity contribution is 6.39. The van der Waals surface area contributed by atoms with E-state index in [0.29, 0.717) is 31.5 Å². The monoisotopic (exact) mass is 368 g/mol. The van der Waals surface area contributed by atoms with Gasteiger partial charge in [-0.3, -0.25) is 0 Å². The Morgan fingerprint density at radius 2 is 1.25 bits per heavy atom. The lowest BCUT2D eigenvalue weighted by atomic mass is 10.3. The normalized spacial score (nSPS) is 10.4. The van der Waals surface area contributed by atoms with Gasteiger partial charge in [-0.15, -0.1) is 0 Å². The first-order valence-electron chi connectivity index (χ1n) is 5.32. The van der Waals surface area contributed by atoms with Crippen LogP contribution in [-0.4, -0.2) is 6.34 Å². The average molecular weight is 370 g/mol. The maximum Gasteiger partial charge on any atom is 0.240 e. The molecule has 0 atom stereocenters. The molecule has 0 radical (unpaired) electrons. The Bertz CT molecular complexity index is 588. The summed E-state index contributed by atoms with van der Waals surface area (Å²) in [5.41, 5.74) is 1.23. The second kappa shape index (κ2) is 7.96. The third-order valence-corrected chi connectivity index (χ3v) is 3.62. The van der Waals surface area contributed by atoms with Crippen LogP contribution in [0.25, 0.3) is 0 Å². The van der Waals surface area contributed by atoms with Gasteiger partial charge in [0.2, 0.25) is 6.34 Å². The van der Waals surface area contributed by atoms with Gasteiger partial charge in [0.1, 0.15) is 0 Å². The topological polar surface area (TPSA) is 26.0 Å². The molecule has 0 spiro atoms. The van der Waals surface area contributed by atoms with Gasteiger partial charge in [0.05, 0.1) is 20.1 Å². The van der Waals surface area contributed by atoms with E-state index < -0.39 is 0 Å². The Balaban J connectivity index is 0.00000200. The molecule has 0 aliphatic heterocycles. The molecular weight excluding hydrogens is 361 g/mol. The molecule has 2 nitrogen and oxygen atoms in total. The molecule has 0 saturated carbocycles. The van der Waals surface area contributed by atoms with Crippen LogP contribution in [0.15, 0.2) is 36.4 Å². The van der Waals surface area contributed by atoms with Gasteiger partial charge >= 0.3 is 0 Å². The van der Waals surface area contributed by atoms with Crippen molar-refractivity contribution in [2.24, 2.45) is 0 Å². The minimum absolute atomic E-state index is 0. The molecular formula is C13H9Cl5N2. The van der Waals surface area contributed by atoms with Crippen molar-refractivity contribution in [3.05, 3.63) is 56.5 Å². The summed E-state index contributed by atoms with van der Waals surface area (Å²) in [4.78, 5) is 2.97. The molecule has 0 aliphatic carbocycles. The average Bonchev–Trinajstić information content (AvgIpc) is 2.36. The second-order valence-corrected chi connectivity index (χ2v) is 5.26. The molecule has 0 fully saturated rings. The summed E-state index contributed by atoms with van der Waals surface area (Å²) in [6.45, 7) is 0. The van der Waals surface area contributed by atoms with Gasteiger partial charge in [0, 0.05) is 0 Å². The zero-order chi connectivity index (χ0) is 13.8. The SMILES string of the molecule is Clc1cccc(Cl)c1NC=[NH+]c1c(Cl)cccc1Cl.[Cl-]. The highest BCUT2D eigenvalue weighted by Crippen LogP contribution is 2.29. The molecule has 0 saturated heterocycles. The van der Waals surface area contributed by atoms with Gasteiger partial charge in [-0.25, -0.2) is 10.3 Å². The van der Waals surface area contributed by atoms with Crippen molar-refractivity contribution in [2.45, 2.75) is 0 Å². The Labute approximate surface area is 143 Å². The van der Waals surface area contributed by atoms with Crippen LogP contribution in [0.2, 0.25) is 20.1 Å². The Kier molecular flexibility index (Phi) is 6.93. The molecule has 7 heteroatoms. The number of rotatable bonds is 3. The lowest BCUT2D eigenvalue weighted by Gasteiger charge is -2.01. The number of para-hydroxylation sites is 2. The summed E-state index contributed by atoms with van der Waals surface area (Å²) in [6.07, 6.45) is 1.57. The minimum Gasteiger partial charge on any atom is -1.00 e. The molecule has 0 amide bonds. The molecule has 0 aliphatic rings. The van der Waals surface area contributed by atoms with Crippen LogP contribution in [0.1, 0.15) is 0 Å². The first-order valence-corrected chi connectivity index (χ1v) is 6.83. The highest BCUT2D eigenvalue weighted by atomic mass is 35.5. The molecule has 2 aromatic carbocycles. The van der Waals surface area contributed by atoms with E-state index in [1.54, 1.807) is 42.7 Å². The standard InChI is InChI=1S/C13H8Cl4N2.ClH/c14-8-3-1-4-9(15)12(8)18-7-19-13-10(16)5-2-6-11(13)17;/h1-7H,(H,18,19);1H. The zero-order valence-electron chi connectivity index (χ0n) is 9.93. The van der Waals surface area contributed by atoms with Crippen LogP contribution in [0.5, 0.6) is 0 Å². The van der Waals surface area contributed by atoms with Crippen molar-refractivity contribution < 1.29 is 17.4 Å². The highest BCUT2D eigenvalue weighted by Gasteiger charge is 2.09. The molecule has 0 bridgehead atoms. The summed E-state index contributed by atoms with van der Waals surface area (Å²) in [7, 11) is 0. The molecule has 0 aromatic heterocycles. The second-order valence-electron chi connectivity index (χ2n) is 3.63. The number of halogens is 5. The number of benzene rings is 2. The minimum atomic E-state index is 0. The first-order chi connectivity index (χ1) is 9.09. The van der Waals surface area contributed by atoms with Crippen LogP contribution in [0.4, 0.5) is 11.4 Å². The van der Waals surface area contributed by atoms with Crippen LogP contribution in [0.3, 0.4) is 0 Å². The third-order valence-electron chi connectivity index (χ3n) is 2.36. The lowest BCUT2D eigenvalue weighted by Crippen LogP contribution is -3.00. The van der Waals surface area contributed by atoms with E-state index in [2.05, 4.69) is 10.3 Å². The van der Waals surface area contributed by atoms with Gasteiger partial charge in [-0.1, -0.05) is 58.5 Å². The molecule has 0 heterocycles. The molecule has 106 valence electrons. The fraction of sp³-hybridized carbons (Fsp3) is 0. The number of nitrogens with one attached hydrogen (secondary N) is 2. The largest absolute Gasteiger partial charge is 1.00 e. The Hall–Kier alpha value is -0.640. The summed E-state index contributed by atoms with van der Waals surface area (Å²) < 4.78 is 0. The fourth-order valence-electron chi connectivity index (χ4n) is 1.45. The molecule has 0 unspecified atom stereocenters. The quantitative estimate of drug-likeness (QED) is 0.615. The third kappa shape index (κ3) is 4.18. The summed E-state index contributed by atoms with van der Waals surface area (Å²) in [5.74, 6) is 0. The van der Waals surface area contributed by atoms with Gasteiger partial charge in [0.25, 0.3) is 0 Å². The first kappa shape index (κ1) is 17.4. The van der Waals surface area contributed by atoms with Crippen molar-refractivity contribution >= 4 is 64.1 Å². The van der Waals surface area contributed by atoms with Crippen molar-refractivity contribution in [3.63, 3.8) is 0 Å². The van der Waals surface area contributed by atoms with E-state index in [1.807, 2.05) is 0 Å². The lowest BCUT2D eigenvalue weighted by molar-refractivity contribution is -0.347. The van der Waals surface area contributed by atoms with E-state index in [-0.39, 0.29) is 12.4 Å². The van der Waals surface area contributed by atoms with Gasteiger partial charge in [-0.2, -0.15) is 0 Å². The number of hydrogen-bond donors (Lipinski definition) is 2. The fourth-order valence-corrected chi connectivity index (χ4v) is 2.46. The van der Waals surface area contributed by atoms with Crippen molar-refractivity contribution in [3.8, 4) is 0 Å². The van der Waals surface area contributed by atoms with E-state index in [1.165, 1.54) is 0 Å². The Morgan fingerprint density at radius 3 is 1.75 bits per heavy atom. The predicted octanol–water partition coefficient (Wildman–Crippen LogP) is 1.16. The van der Waals surface area contributed by atoms with Gasteiger partial charge < -0.3 is 12.4 Å². The van der Waals surface area contributed by atoms with Crippen LogP contribution < -0.4 is 22.7 Å². The van der Waals surface area contributed by atoms with E-state index >= 15 is 0 Å². The summed E-state index contributed by atoms with van der Waals surface area (Å²) in [6, 6.07) is 10.5. The van der Waals surface area contributed by atoms with Crippen molar-refractivity contribution in [1.29, 1.82) is 0 Å².